The quantitative estimate of drug-likeness (QED) is 0.110. The molecule has 0 aliphatic carbocycles. The second-order valence-electron chi connectivity index (χ2n) is 33.5. The van der Waals surface area contributed by atoms with E-state index in [1.807, 2.05) is 0 Å². The SMILES string of the molecule is C.CC(C)N1CC2CC1CN2.CC(C)N1CCNCC1.CC(C)N1CCNCC1(C)C.CC(C)N1CCNC[C@@H]1C.CC(C)N1CCN[C@H](C)C1.CC(C)N1C[C@@H](C)NC[C@@H]1C.CC(C)N1C[C@H](C)NC[C@@H]1C.CC1CN(C(C)C)CC(C)N1.CC1NCCN(C(C)C)C1C. The van der Waals surface area contributed by atoms with Crippen LogP contribution in [-0.4, -0.2) is 327 Å². The summed E-state index contributed by atoms with van der Waals surface area (Å²) in [6, 6.07) is 14.7. The molecule has 0 aromatic rings. The minimum Gasteiger partial charge on any atom is -0.314 e. The third kappa shape index (κ3) is 35.8. The summed E-state index contributed by atoms with van der Waals surface area (Å²) in [5.74, 6) is 0. The van der Waals surface area contributed by atoms with Crippen molar-refractivity contribution in [2.75, 3.05) is 151 Å². The van der Waals surface area contributed by atoms with Crippen molar-refractivity contribution in [1.82, 2.24) is 92.0 Å². The first-order chi connectivity index (χ1) is 44.0. The molecule has 10 saturated heterocycles. The van der Waals surface area contributed by atoms with Gasteiger partial charge in [-0.2, -0.15) is 0 Å². The highest BCUT2D eigenvalue weighted by Crippen LogP contribution is 2.25. The first kappa shape index (κ1) is 92.3. The Morgan fingerprint density at radius 2 is 0.747 bits per heavy atom. The molecule has 10 rings (SSSR count). The Hall–Kier alpha value is -0.720. The Morgan fingerprint density at radius 3 is 1.08 bits per heavy atom. The molecule has 18 nitrogen and oxygen atoms in total. The molecule has 2 bridgehead atoms. The zero-order valence-electron chi connectivity index (χ0n) is 68.1. The summed E-state index contributed by atoms with van der Waals surface area (Å²) in [5.41, 5.74) is 0.340. The lowest BCUT2D eigenvalue weighted by Gasteiger charge is -2.45. The molecular formula is C77H172N18. The van der Waals surface area contributed by atoms with Gasteiger partial charge in [0.2, 0.25) is 0 Å². The lowest BCUT2D eigenvalue weighted by Crippen LogP contribution is -2.59. The lowest BCUT2D eigenvalue weighted by molar-refractivity contribution is 0.0595. The molecule has 18 heteroatoms. The van der Waals surface area contributed by atoms with Crippen LogP contribution in [0.25, 0.3) is 0 Å². The number of nitrogens with zero attached hydrogens (tertiary/aromatic N) is 9. The van der Waals surface area contributed by atoms with Crippen LogP contribution in [0.4, 0.5) is 0 Å². The molecule has 0 radical (unpaired) electrons. The Bertz CT molecular complexity index is 1790. The summed E-state index contributed by atoms with van der Waals surface area (Å²) in [7, 11) is 0. The van der Waals surface area contributed by atoms with Gasteiger partial charge < -0.3 is 47.9 Å². The number of piperazine rings is 9. The van der Waals surface area contributed by atoms with Crippen LogP contribution in [0, 0.1) is 0 Å². The molecule has 0 aromatic carbocycles. The van der Waals surface area contributed by atoms with Crippen LogP contribution in [0.2, 0.25) is 0 Å². The Balaban J connectivity index is 0.000000534. The predicted octanol–water partition coefficient (Wildman–Crippen LogP) is 8.14. The van der Waals surface area contributed by atoms with Crippen LogP contribution in [0.15, 0.2) is 0 Å². The first-order valence-electron chi connectivity index (χ1n) is 39.3. The van der Waals surface area contributed by atoms with E-state index >= 15 is 0 Å². The fourth-order valence-corrected chi connectivity index (χ4v) is 15.6. The van der Waals surface area contributed by atoms with Gasteiger partial charge in [0.1, 0.15) is 0 Å². The van der Waals surface area contributed by atoms with Crippen LogP contribution < -0.4 is 47.9 Å². The van der Waals surface area contributed by atoms with Crippen molar-refractivity contribution in [3.8, 4) is 0 Å². The van der Waals surface area contributed by atoms with Gasteiger partial charge in [0, 0.05) is 283 Å². The van der Waals surface area contributed by atoms with Gasteiger partial charge in [-0.1, -0.05) is 7.43 Å². The monoisotopic (exact) mass is 1350 g/mol. The molecule has 570 valence electrons. The smallest absolute Gasteiger partial charge is 0.0280 e. The van der Waals surface area contributed by atoms with E-state index in [4.69, 9.17) is 0 Å². The standard InChI is InChI=1S/5C9H20N2.C8H16N2.2C8H18N2.C7H16N2.CH4/c2*1-7(2)11-6-8(3)10-5-9(11)4;1-7(2)11-5-8(3)10-9(4)6-11;1-8(2)11-6-5-10-7-9(11,3)4;1-7(2)11-6-5-10-8(3)9(11)4;1-6(2)10-5-7-3-8(10)4-9-7;1-7(2)10-5-4-9-8(3)6-10;1-7(2)10-5-4-9-6-8(10)3;1-7(2)9-5-3-8-4-6-9;/h3*7-10H,5-6H2,1-4H3;8,10H,5-7H2,1-4H3;7-10H,5-6H2,1-4H3;6-9H,3-5H2,1-2H3;2*7-9H,4-6H2,1-3H3;7-8H,3-6H2,1-2H3;1H4/t8-,9+;8-,9-;;;;;2*8-;;/m10....10../s1. The van der Waals surface area contributed by atoms with Crippen LogP contribution in [0.1, 0.15) is 222 Å². The van der Waals surface area contributed by atoms with E-state index < -0.39 is 0 Å². The van der Waals surface area contributed by atoms with Gasteiger partial charge in [0.25, 0.3) is 0 Å². The summed E-state index contributed by atoms with van der Waals surface area (Å²) in [6.07, 6.45) is 1.39. The van der Waals surface area contributed by atoms with Crippen LogP contribution in [0.5, 0.6) is 0 Å². The second kappa shape index (κ2) is 48.3. The van der Waals surface area contributed by atoms with Gasteiger partial charge in [-0.05, 0) is 214 Å². The van der Waals surface area contributed by atoms with Crippen LogP contribution >= 0.6 is 0 Å². The maximum atomic E-state index is 3.52. The molecule has 95 heavy (non-hydrogen) atoms. The highest BCUT2D eigenvalue weighted by molar-refractivity contribution is 4.98. The zero-order chi connectivity index (χ0) is 71.2. The maximum absolute atomic E-state index is 3.52. The van der Waals surface area contributed by atoms with Crippen molar-refractivity contribution >= 4 is 0 Å². The predicted molar refractivity (Wildman–Crippen MR) is 421 cm³/mol. The van der Waals surface area contributed by atoms with Crippen LogP contribution in [-0.2, 0) is 0 Å². The molecule has 10 aliphatic heterocycles. The van der Waals surface area contributed by atoms with Crippen molar-refractivity contribution < 1.29 is 0 Å². The van der Waals surface area contributed by atoms with E-state index in [9.17, 15) is 0 Å². The molecular weight excluding hydrogens is 1180 g/mol. The largest absolute Gasteiger partial charge is 0.314 e. The van der Waals surface area contributed by atoms with Crippen molar-refractivity contribution in [2.24, 2.45) is 0 Å². The summed E-state index contributed by atoms with van der Waals surface area (Å²) >= 11 is 0. The zero-order valence-corrected chi connectivity index (χ0v) is 68.1. The average molecular weight is 1350 g/mol. The fourth-order valence-electron chi connectivity index (χ4n) is 15.6. The summed E-state index contributed by atoms with van der Waals surface area (Å²) in [5, 5.41) is 31.0. The molecule has 12 atom stereocenters. The Labute approximate surface area is 593 Å². The molecule has 6 unspecified atom stereocenters. The minimum absolute atomic E-state index is 0. The van der Waals surface area contributed by atoms with Gasteiger partial charge in [-0.3, -0.25) is 44.1 Å². The van der Waals surface area contributed by atoms with Crippen molar-refractivity contribution in [2.45, 2.75) is 354 Å². The van der Waals surface area contributed by atoms with Crippen molar-refractivity contribution in [3.05, 3.63) is 0 Å². The van der Waals surface area contributed by atoms with E-state index in [0.717, 1.165) is 89.6 Å². The van der Waals surface area contributed by atoms with Gasteiger partial charge in [0.05, 0.1) is 0 Å². The number of nitrogens with one attached hydrogen (secondary N) is 9. The summed E-state index contributed by atoms with van der Waals surface area (Å²) in [6.45, 7) is 95.4. The van der Waals surface area contributed by atoms with Gasteiger partial charge in [-0.15, -0.1) is 0 Å². The van der Waals surface area contributed by atoms with E-state index in [1.54, 1.807) is 0 Å². The molecule has 0 saturated carbocycles. The molecule has 10 fully saturated rings. The topological polar surface area (TPSA) is 137 Å². The minimum atomic E-state index is 0. The molecule has 10 heterocycles. The number of hydrogen-bond acceptors (Lipinski definition) is 18. The fraction of sp³-hybridized carbons (Fsp3) is 1.00. The molecule has 0 amide bonds. The highest BCUT2D eigenvalue weighted by atomic mass is 15.3. The van der Waals surface area contributed by atoms with E-state index in [-0.39, 0.29) is 7.43 Å². The Kier molecular flexibility index (Phi) is 46.9. The van der Waals surface area contributed by atoms with E-state index in [1.165, 1.54) is 91.5 Å². The third-order valence-corrected chi connectivity index (χ3v) is 21.5. The van der Waals surface area contributed by atoms with Gasteiger partial charge in [-0.25, -0.2) is 0 Å². The lowest BCUT2D eigenvalue weighted by atomic mass is 9.98. The van der Waals surface area contributed by atoms with Crippen molar-refractivity contribution in [1.29, 1.82) is 0 Å². The summed E-state index contributed by atoms with van der Waals surface area (Å²) in [4.78, 5) is 22.9. The third-order valence-electron chi connectivity index (χ3n) is 21.5. The molecule has 0 aromatic heterocycles. The van der Waals surface area contributed by atoms with E-state index in [0.29, 0.717) is 108 Å². The van der Waals surface area contributed by atoms with Crippen LogP contribution in [0.3, 0.4) is 0 Å². The first-order valence-corrected chi connectivity index (χ1v) is 39.3. The number of hydrogen-bond donors (Lipinski definition) is 9. The summed E-state index contributed by atoms with van der Waals surface area (Å²) < 4.78 is 0. The number of fused-ring (bicyclic) bond motifs is 2. The maximum Gasteiger partial charge on any atom is 0.0280 e. The van der Waals surface area contributed by atoms with Gasteiger partial charge >= 0.3 is 0 Å². The average Bonchev–Trinajstić information content (AvgIpc) is 1.73. The number of rotatable bonds is 9. The van der Waals surface area contributed by atoms with E-state index in [2.05, 4.69) is 300 Å². The molecule has 10 aliphatic rings. The van der Waals surface area contributed by atoms with Crippen molar-refractivity contribution in [3.63, 3.8) is 0 Å². The number of likely N-dealkylation sites (tertiary alicyclic amines) is 1. The normalized spacial score (nSPS) is 31.6. The second-order valence-corrected chi connectivity index (χ2v) is 33.5. The molecule has 9 N–H and O–H groups in total. The van der Waals surface area contributed by atoms with Gasteiger partial charge in [0.15, 0.2) is 0 Å². The molecule has 0 spiro atoms. The highest BCUT2D eigenvalue weighted by Gasteiger charge is 2.38. The Morgan fingerprint density at radius 1 is 0.326 bits per heavy atom.